The van der Waals surface area contributed by atoms with Gasteiger partial charge in [-0.3, -0.25) is 0 Å². The van der Waals surface area contributed by atoms with Crippen molar-refractivity contribution in [1.82, 2.24) is 9.88 Å². The average Bonchev–Trinajstić information content (AvgIpc) is 2.85. The summed E-state index contributed by atoms with van der Waals surface area (Å²) < 4.78 is 5.34. The maximum atomic E-state index is 12.0. The highest BCUT2D eigenvalue weighted by Gasteiger charge is 2.30. The molecule has 7 nitrogen and oxygen atoms in total. The van der Waals surface area contributed by atoms with E-state index in [4.69, 9.17) is 16.3 Å². The van der Waals surface area contributed by atoms with Crippen molar-refractivity contribution < 1.29 is 19.4 Å². The first kappa shape index (κ1) is 17.3. The van der Waals surface area contributed by atoms with E-state index in [1.165, 1.54) is 12.3 Å². The Labute approximate surface area is 139 Å². The smallest absolute Gasteiger partial charge is 0.410 e. The molecule has 0 bridgehead atoms. The van der Waals surface area contributed by atoms with E-state index in [0.717, 1.165) is 0 Å². The summed E-state index contributed by atoms with van der Waals surface area (Å²) in [5.74, 6) is -1.08. The number of aromatic nitrogens is 1. The van der Waals surface area contributed by atoms with Crippen molar-refractivity contribution in [2.45, 2.75) is 38.8 Å². The fraction of sp³-hybridized carbons (Fsp3) is 0.533. The number of hydrogen-bond donors (Lipinski definition) is 2. The minimum atomic E-state index is -1.08. The van der Waals surface area contributed by atoms with E-state index in [9.17, 15) is 14.7 Å². The second-order valence-corrected chi connectivity index (χ2v) is 6.80. The molecule has 126 valence electrons. The number of likely N-dealkylation sites (tertiary alicyclic amines) is 1. The number of rotatable bonds is 3. The topological polar surface area (TPSA) is 91.8 Å². The minimum Gasteiger partial charge on any atom is -0.478 e. The van der Waals surface area contributed by atoms with E-state index < -0.39 is 11.6 Å². The maximum absolute atomic E-state index is 12.0. The number of carbonyl (C=O) groups is 2. The van der Waals surface area contributed by atoms with Gasteiger partial charge in [-0.05, 0) is 33.3 Å². The first-order valence-corrected chi connectivity index (χ1v) is 7.67. The SMILES string of the molecule is CC(C)(C)OC(=O)N1CCC(Nc2cc(Cl)ncc2C(=O)O)C1. The van der Waals surface area contributed by atoms with Crippen LogP contribution in [0.1, 0.15) is 37.6 Å². The van der Waals surface area contributed by atoms with Crippen LogP contribution in [-0.4, -0.2) is 51.8 Å². The van der Waals surface area contributed by atoms with Gasteiger partial charge in [0.1, 0.15) is 16.3 Å². The minimum absolute atomic E-state index is 0.0464. The number of anilines is 1. The third kappa shape index (κ3) is 4.72. The second-order valence-electron chi connectivity index (χ2n) is 6.41. The normalized spacial score (nSPS) is 17.9. The third-order valence-electron chi connectivity index (χ3n) is 3.30. The molecule has 1 amide bonds. The van der Waals surface area contributed by atoms with Crippen molar-refractivity contribution in [3.05, 3.63) is 23.0 Å². The van der Waals surface area contributed by atoms with E-state index >= 15 is 0 Å². The van der Waals surface area contributed by atoms with E-state index in [0.29, 0.717) is 25.2 Å². The monoisotopic (exact) mass is 341 g/mol. The molecule has 2 heterocycles. The lowest BCUT2D eigenvalue weighted by Gasteiger charge is -2.24. The molecule has 1 atom stereocenters. The summed E-state index contributed by atoms with van der Waals surface area (Å²) >= 11 is 5.83. The Morgan fingerprint density at radius 1 is 1.48 bits per heavy atom. The highest BCUT2D eigenvalue weighted by atomic mass is 35.5. The molecule has 2 rings (SSSR count). The van der Waals surface area contributed by atoms with Crippen LogP contribution in [0.3, 0.4) is 0 Å². The molecule has 1 fully saturated rings. The van der Waals surface area contributed by atoms with Crippen molar-refractivity contribution in [3.63, 3.8) is 0 Å². The van der Waals surface area contributed by atoms with Crippen molar-refractivity contribution in [2.75, 3.05) is 18.4 Å². The molecule has 1 aromatic heterocycles. The predicted octanol–water partition coefficient (Wildman–Crippen LogP) is 2.85. The van der Waals surface area contributed by atoms with Crippen LogP contribution >= 0.6 is 11.6 Å². The number of pyridine rings is 1. The predicted molar refractivity (Wildman–Crippen MR) is 86.0 cm³/mol. The molecule has 0 aliphatic carbocycles. The maximum Gasteiger partial charge on any atom is 0.410 e. The van der Waals surface area contributed by atoms with E-state index in [-0.39, 0.29) is 22.9 Å². The number of ether oxygens (including phenoxy) is 1. The first-order chi connectivity index (χ1) is 10.7. The molecule has 8 heteroatoms. The summed E-state index contributed by atoms with van der Waals surface area (Å²) in [6.07, 6.45) is 1.54. The lowest BCUT2D eigenvalue weighted by Crippen LogP contribution is -2.36. The van der Waals surface area contributed by atoms with E-state index in [1.54, 1.807) is 4.90 Å². The van der Waals surface area contributed by atoms with Crippen molar-refractivity contribution in [1.29, 1.82) is 0 Å². The zero-order chi connectivity index (χ0) is 17.2. The summed E-state index contributed by atoms with van der Waals surface area (Å²) in [7, 11) is 0. The van der Waals surface area contributed by atoms with Gasteiger partial charge < -0.3 is 20.1 Å². The summed E-state index contributed by atoms with van der Waals surface area (Å²) in [6.45, 7) is 6.43. The molecule has 1 unspecified atom stereocenters. The van der Waals surface area contributed by atoms with E-state index in [2.05, 4.69) is 10.3 Å². The Hall–Kier alpha value is -2.02. The van der Waals surface area contributed by atoms with Crippen molar-refractivity contribution in [3.8, 4) is 0 Å². The van der Waals surface area contributed by atoms with Gasteiger partial charge in [0.15, 0.2) is 0 Å². The molecule has 1 aliphatic heterocycles. The summed E-state index contributed by atoms with van der Waals surface area (Å²) in [6, 6.07) is 1.40. The summed E-state index contributed by atoms with van der Waals surface area (Å²) in [5.41, 5.74) is -0.101. The lowest BCUT2D eigenvalue weighted by molar-refractivity contribution is 0.0293. The number of aromatic carboxylic acids is 1. The van der Waals surface area contributed by atoms with Crippen LogP contribution in [0.2, 0.25) is 5.15 Å². The molecule has 0 aromatic carbocycles. The molecule has 23 heavy (non-hydrogen) atoms. The number of nitrogens with one attached hydrogen (secondary N) is 1. The Kier molecular flexibility index (Phi) is 4.99. The summed E-state index contributed by atoms with van der Waals surface area (Å²) in [4.78, 5) is 28.6. The van der Waals surface area contributed by atoms with Gasteiger partial charge in [0, 0.05) is 25.3 Å². The highest BCUT2D eigenvalue weighted by molar-refractivity contribution is 6.29. The third-order valence-corrected chi connectivity index (χ3v) is 3.51. The molecule has 1 aliphatic rings. The Morgan fingerprint density at radius 3 is 2.78 bits per heavy atom. The molecule has 2 N–H and O–H groups in total. The number of nitrogens with zero attached hydrogens (tertiary/aromatic N) is 2. The van der Waals surface area contributed by atoms with E-state index in [1.807, 2.05) is 20.8 Å². The quantitative estimate of drug-likeness (QED) is 0.821. The van der Waals surface area contributed by atoms with Crippen molar-refractivity contribution >= 4 is 29.4 Å². The lowest BCUT2D eigenvalue weighted by atomic mass is 10.2. The molecule has 1 aromatic rings. The van der Waals surface area contributed by atoms with Gasteiger partial charge in [-0.1, -0.05) is 11.6 Å². The van der Waals surface area contributed by atoms with Gasteiger partial charge >= 0.3 is 12.1 Å². The first-order valence-electron chi connectivity index (χ1n) is 7.29. The van der Waals surface area contributed by atoms with Crippen LogP contribution in [0.15, 0.2) is 12.3 Å². The van der Waals surface area contributed by atoms with Crippen LogP contribution in [0, 0.1) is 0 Å². The zero-order valence-corrected chi connectivity index (χ0v) is 14.1. The fourth-order valence-electron chi connectivity index (χ4n) is 2.31. The van der Waals surface area contributed by atoms with Gasteiger partial charge in [0.25, 0.3) is 0 Å². The Morgan fingerprint density at radius 2 is 2.17 bits per heavy atom. The van der Waals surface area contributed by atoms with Gasteiger partial charge in [-0.25, -0.2) is 14.6 Å². The molecular formula is C15H20ClN3O4. The van der Waals surface area contributed by atoms with Crippen LogP contribution in [0.5, 0.6) is 0 Å². The number of carboxylic acids is 1. The van der Waals surface area contributed by atoms with Gasteiger partial charge in [-0.15, -0.1) is 0 Å². The van der Waals surface area contributed by atoms with Crippen LogP contribution in [0.4, 0.5) is 10.5 Å². The number of carboxylic acid groups (broad SMARTS) is 1. The average molecular weight is 342 g/mol. The molecule has 0 radical (unpaired) electrons. The van der Waals surface area contributed by atoms with Gasteiger partial charge in [0.2, 0.25) is 0 Å². The Bertz CT molecular complexity index is 615. The largest absolute Gasteiger partial charge is 0.478 e. The number of hydrogen-bond acceptors (Lipinski definition) is 5. The van der Waals surface area contributed by atoms with Crippen LogP contribution < -0.4 is 5.32 Å². The number of amides is 1. The summed E-state index contributed by atoms with van der Waals surface area (Å²) in [5, 5.41) is 12.5. The molecular weight excluding hydrogens is 322 g/mol. The van der Waals surface area contributed by atoms with Crippen molar-refractivity contribution in [2.24, 2.45) is 0 Å². The van der Waals surface area contributed by atoms with Crippen LogP contribution in [0.25, 0.3) is 0 Å². The number of halogens is 1. The number of carbonyl (C=O) groups excluding carboxylic acids is 1. The van der Waals surface area contributed by atoms with Crippen LogP contribution in [-0.2, 0) is 4.74 Å². The highest BCUT2D eigenvalue weighted by Crippen LogP contribution is 2.23. The molecule has 0 spiro atoms. The zero-order valence-electron chi connectivity index (χ0n) is 13.3. The molecule has 0 saturated carbocycles. The standard InChI is InChI=1S/C15H20ClN3O4/c1-15(2,3)23-14(22)19-5-4-9(8-19)18-11-6-12(16)17-7-10(11)13(20)21/h6-7,9H,4-5,8H2,1-3H3,(H,17,18)(H,20,21). The Balaban J connectivity index is 2.02. The fourth-order valence-corrected chi connectivity index (χ4v) is 2.47. The van der Waals surface area contributed by atoms with Gasteiger partial charge in [-0.2, -0.15) is 0 Å². The van der Waals surface area contributed by atoms with Gasteiger partial charge in [0.05, 0.1) is 5.69 Å². The molecule has 1 saturated heterocycles. The second kappa shape index (κ2) is 6.62.